The van der Waals surface area contributed by atoms with Crippen LogP contribution in [0.4, 0.5) is 0 Å². The molecule has 0 saturated carbocycles. The Bertz CT molecular complexity index is 961. The SMILES string of the molecule is Cc1cc(C)nc(CCNCc2c(C(=O)N(C)C)nc3ccc(Cl)cn23)n1. The molecule has 3 aromatic heterocycles. The molecule has 7 nitrogen and oxygen atoms in total. The first-order chi connectivity index (χ1) is 12.8. The molecular formula is C19H23ClN6O. The van der Waals surface area contributed by atoms with Crippen LogP contribution in [-0.2, 0) is 13.0 Å². The van der Waals surface area contributed by atoms with Crippen LogP contribution in [0.1, 0.15) is 33.4 Å². The molecule has 0 saturated heterocycles. The number of aromatic nitrogens is 4. The molecule has 0 aliphatic carbocycles. The fourth-order valence-corrected chi connectivity index (χ4v) is 3.10. The van der Waals surface area contributed by atoms with Crippen molar-refractivity contribution in [2.75, 3.05) is 20.6 Å². The van der Waals surface area contributed by atoms with Gasteiger partial charge in [0.1, 0.15) is 11.5 Å². The van der Waals surface area contributed by atoms with Gasteiger partial charge < -0.3 is 14.6 Å². The minimum atomic E-state index is -0.135. The summed E-state index contributed by atoms with van der Waals surface area (Å²) < 4.78 is 1.86. The molecule has 1 N–H and O–H groups in total. The zero-order valence-corrected chi connectivity index (χ0v) is 16.7. The van der Waals surface area contributed by atoms with Crippen molar-refractivity contribution in [3.8, 4) is 0 Å². The van der Waals surface area contributed by atoms with Crippen LogP contribution in [0.2, 0.25) is 5.02 Å². The second kappa shape index (κ2) is 8.02. The highest BCUT2D eigenvalue weighted by Gasteiger charge is 2.20. The maximum Gasteiger partial charge on any atom is 0.273 e. The number of fused-ring (bicyclic) bond motifs is 1. The van der Waals surface area contributed by atoms with Gasteiger partial charge in [0.25, 0.3) is 5.91 Å². The standard InChI is InChI=1S/C19H23ClN6O/c1-12-9-13(2)23-16(22-12)7-8-21-10-15-18(19(27)25(3)4)24-17-6-5-14(20)11-26(15)17/h5-6,9,11,21H,7-8,10H2,1-4H3. The Balaban J connectivity index is 1.77. The first kappa shape index (κ1) is 19.3. The molecule has 0 atom stereocenters. The third-order valence-corrected chi connectivity index (χ3v) is 4.36. The van der Waals surface area contributed by atoms with Gasteiger partial charge in [-0.1, -0.05) is 11.6 Å². The van der Waals surface area contributed by atoms with Gasteiger partial charge in [-0.2, -0.15) is 0 Å². The molecule has 0 aromatic carbocycles. The van der Waals surface area contributed by atoms with E-state index < -0.39 is 0 Å². The van der Waals surface area contributed by atoms with Gasteiger partial charge in [0.2, 0.25) is 0 Å². The Morgan fingerprint density at radius 2 is 1.89 bits per heavy atom. The van der Waals surface area contributed by atoms with Crippen molar-refractivity contribution < 1.29 is 4.79 Å². The molecule has 0 unspecified atom stereocenters. The number of imidazole rings is 1. The fraction of sp³-hybridized carbons (Fsp3) is 0.368. The average molecular weight is 387 g/mol. The van der Waals surface area contributed by atoms with E-state index in [-0.39, 0.29) is 5.91 Å². The second-order valence-electron chi connectivity index (χ2n) is 6.68. The highest BCUT2D eigenvalue weighted by Crippen LogP contribution is 2.18. The molecule has 0 spiro atoms. The fourth-order valence-electron chi connectivity index (χ4n) is 2.94. The van der Waals surface area contributed by atoms with Crippen LogP contribution in [0.15, 0.2) is 24.4 Å². The van der Waals surface area contributed by atoms with Gasteiger partial charge in [-0.05, 0) is 32.0 Å². The highest BCUT2D eigenvalue weighted by atomic mass is 35.5. The van der Waals surface area contributed by atoms with Crippen molar-refractivity contribution in [2.24, 2.45) is 0 Å². The predicted octanol–water partition coefficient (Wildman–Crippen LogP) is 2.43. The van der Waals surface area contributed by atoms with E-state index in [2.05, 4.69) is 20.3 Å². The Morgan fingerprint density at radius 1 is 1.19 bits per heavy atom. The number of hydrogen-bond donors (Lipinski definition) is 1. The maximum atomic E-state index is 12.5. The van der Waals surface area contributed by atoms with Gasteiger partial charge >= 0.3 is 0 Å². The number of carbonyl (C=O) groups is 1. The van der Waals surface area contributed by atoms with E-state index in [4.69, 9.17) is 11.6 Å². The number of nitrogens with zero attached hydrogens (tertiary/aromatic N) is 5. The van der Waals surface area contributed by atoms with Crippen molar-refractivity contribution in [1.82, 2.24) is 29.6 Å². The smallest absolute Gasteiger partial charge is 0.273 e. The normalized spacial score (nSPS) is 11.1. The van der Waals surface area contributed by atoms with Crippen molar-refractivity contribution in [3.05, 3.63) is 58.0 Å². The zero-order valence-electron chi connectivity index (χ0n) is 16.0. The molecule has 0 radical (unpaired) electrons. The van der Waals surface area contributed by atoms with Crippen molar-refractivity contribution in [3.63, 3.8) is 0 Å². The van der Waals surface area contributed by atoms with Gasteiger partial charge in [0, 0.05) is 51.2 Å². The van der Waals surface area contributed by atoms with Gasteiger partial charge in [-0.3, -0.25) is 4.79 Å². The maximum absolute atomic E-state index is 12.5. The van der Waals surface area contributed by atoms with E-state index in [0.29, 0.717) is 35.9 Å². The average Bonchev–Trinajstić information content (AvgIpc) is 2.94. The van der Waals surface area contributed by atoms with E-state index in [1.165, 1.54) is 4.90 Å². The molecule has 3 heterocycles. The van der Waals surface area contributed by atoms with E-state index in [9.17, 15) is 4.79 Å². The molecule has 1 amide bonds. The number of hydrogen-bond acceptors (Lipinski definition) is 5. The number of rotatable bonds is 6. The number of aryl methyl sites for hydroxylation is 2. The summed E-state index contributed by atoms with van der Waals surface area (Å²) in [6, 6.07) is 5.53. The molecule has 8 heteroatoms. The lowest BCUT2D eigenvalue weighted by molar-refractivity contribution is 0.0821. The predicted molar refractivity (Wildman–Crippen MR) is 105 cm³/mol. The lowest BCUT2D eigenvalue weighted by Gasteiger charge is -2.11. The molecular weight excluding hydrogens is 364 g/mol. The summed E-state index contributed by atoms with van der Waals surface area (Å²) in [6.07, 6.45) is 2.48. The van der Waals surface area contributed by atoms with Crippen molar-refractivity contribution >= 4 is 23.2 Å². The topological polar surface area (TPSA) is 75.4 Å². The summed E-state index contributed by atoms with van der Waals surface area (Å²) in [6.45, 7) is 5.10. The minimum absolute atomic E-state index is 0.135. The Kier molecular flexibility index (Phi) is 5.72. The van der Waals surface area contributed by atoms with Gasteiger partial charge in [0.05, 0.1) is 10.7 Å². The third-order valence-electron chi connectivity index (χ3n) is 4.14. The van der Waals surface area contributed by atoms with Gasteiger partial charge in [-0.25, -0.2) is 15.0 Å². The molecule has 0 bridgehead atoms. The first-order valence-electron chi connectivity index (χ1n) is 8.75. The van der Waals surface area contributed by atoms with E-state index in [1.807, 2.05) is 30.4 Å². The Hall–Kier alpha value is -2.51. The van der Waals surface area contributed by atoms with E-state index in [1.54, 1.807) is 26.4 Å². The monoisotopic (exact) mass is 386 g/mol. The number of carbonyl (C=O) groups excluding carboxylic acids is 1. The van der Waals surface area contributed by atoms with Crippen LogP contribution in [0.5, 0.6) is 0 Å². The molecule has 0 fully saturated rings. The molecule has 142 valence electrons. The molecule has 0 aliphatic rings. The quantitative estimate of drug-likeness (QED) is 0.658. The van der Waals surface area contributed by atoms with Crippen molar-refractivity contribution in [1.29, 1.82) is 0 Å². The van der Waals surface area contributed by atoms with Crippen LogP contribution < -0.4 is 5.32 Å². The second-order valence-corrected chi connectivity index (χ2v) is 7.11. The first-order valence-corrected chi connectivity index (χ1v) is 9.13. The third kappa shape index (κ3) is 4.43. The number of amides is 1. The zero-order chi connectivity index (χ0) is 19.6. The Morgan fingerprint density at radius 3 is 2.56 bits per heavy atom. The summed E-state index contributed by atoms with van der Waals surface area (Å²) >= 11 is 6.13. The molecule has 3 rings (SSSR count). The van der Waals surface area contributed by atoms with Gasteiger partial charge in [0.15, 0.2) is 5.69 Å². The van der Waals surface area contributed by atoms with E-state index >= 15 is 0 Å². The number of nitrogens with one attached hydrogen (secondary N) is 1. The number of halogens is 1. The molecule has 3 aromatic rings. The Labute approximate surface area is 163 Å². The van der Waals surface area contributed by atoms with Crippen LogP contribution in [0.25, 0.3) is 5.65 Å². The van der Waals surface area contributed by atoms with Crippen LogP contribution in [0, 0.1) is 13.8 Å². The number of pyridine rings is 1. The van der Waals surface area contributed by atoms with Crippen LogP contribution >= 0.6 is 11.6 Å². The van der Waals surface area contributed by atoms with Crippen LogP contribution in [-0.4, -0.2) is 50.8 Å². The summed E-state index contributed by atoms with van der Waals surface area (Å²) in [4.78, 5) is 27.4. The van der Waals surface area contributed by atoms with E-state index in [0.717, 1.165) is 22.9 Å². The lowest BCUT2D eigenvalue weighted by Crippen LogP contribution is -2.26. The summed E-state index contributed by atoms with van der Waals surface area (Å²) in [5.41, 5.74) is 3.84. The minimum Gasteiger partial charge on any atom is -0.343 e. The highest BCUT2D eigenvalue weighted by molar-refractivity contribution is 6.30. The van der Waals surface area contributed by atoms with Gasteiger partial charge in [-0.15, -0.1) is 0 Å². The van der Waals surface area contributed by atoms with Crippen molar-refractivity contribution in [2.45, 2.75) is 26.8 Å². The molecule has 0 aliphatic heterocycles. The summed E-state index contributed by atoms with van der Waals surface area (Å²) in [5, 5.41) is 3.96. The van der Waals surface area contributed by atoms with Crippen LogP contribution in [0.3, 0.4) is 0 Å². The largest absolute Gasteiger partial charge is 0.343 e. The summed E-state index contributed by atoms with van der Waals surface area (Å²) in [5.74, 6) is 0.676. The lowest BCUT2D eigenvalue weighted by atomic mass is 10.2. The summed E-state index contributed by atoms with van der Waals surface area (Å²) in [7, 11) is 3.43. The molecule has 27 heavy (non-hydrogen) atoms.